The third-order valence-corrected chi connectivity index (χ3v) is 5.71. The Morgan fingerprint density at radius 1 is 1.24 bits per heavy atom. The Hall–Kier alpha value is -2.04. The van der Waals surface area contributed by atoms with Crippen molar-refractivity contribution in [3.63, 3.8) is 0 Å². The zero-order valence-electron chi connectivity index (χ0n) is 14.0. The molecule has 2 aromatic rings. The number of hydrogen-bond donors (Lipinski definition) is 2. The third kappa shape index (κ3) is 6.07. The van der Waals surface area contributed by atoms with E-state index in [1.54, 1.807) is 0 Å². The Labute approximate surface area is 150 Å². The van der Waals surface area contributed by atoms with E-state index < -0.39 is 10.0 Å². The standard InChI is InChI=1S/C15H20N4O4S2/c1-3-4-12-5-7-13(8-6-12)23-10-9-16-25(21,22)15-19-18-14(24-15)17-11(2)20/h5-8,16H,3-4,9-10H2,1-2H3,(H,17,18,20). The minimum absolute atomic E-state index is 0.0914. The number of hydrogen-bond acceptors (Lipinski definition) is 7. The first-order valence-electron chi connectivity index (χ1n) is 7.73. The number of anilines is 1. The van der Waals surface area contributed by atoms with Crippen LogP contribution in [0.2, 0.25) is 0 Å². The molecular formula is C15H20N4O4S2. The number of benzene rings is 1. The topological polar surface area (TPSA) is 110 Å². The number of carbonyl (C=O) groups excluding carboxylic acids is 1. The molecule has 0 aliphatic carbocycles. The molecule has 0 saturated carbocycles. The van der Waals surface area contributed by atoms with Gasteiger partial charge in [-0.1, -0.05) is 36.8 Å². The third-order valence-electron chi connectivity index (χ3n) is 3.04. The van der Waals surface area contributed by atoms with E-state index in [4.69, 9.17) is 4.74 Å². The number of aromatic nitrogens is 2. The normalized spacial score (nSPS) is 11.3. The molecule has 1 heterocycles. The molecule has 25 heavy (non-hydrogen) atoms. The van der Waals surface area contributed by atoms with Crippen LogP contribution in [0.1, 0.15) is 25.8 Å². The molecule has 2 rings (SSSR count). The lowest BCUT2D eigenvalue weighted by atomic mass is 10.1. The highest BCUT2D eigenvalue weighted by molar-refractivity contribution is 7.91. The maximum atomic E-state index is 12.1. The number of amides is 1. The Bertz CT molecular complexity index is 803. The fraction of sp³-hybridized carbons (Fsp3) is 0.400. The lowest BCUT2D eigenvalue weighted by Crippen LogP contribution is -2.28. The minimum Gasteiger partial charge on any atom is -0.492 e. The second-order valence-electron chi connectivity index (χ2n) is 5.19. The number of rotatable bonds is 9. The van der Waals surface area contributed by atoms with E-state index in [9.17, 15) is 13.2 Å². The molecule has 0 aliphatic rings. The van der Waals surface area contributed by atoms with E-state index in [0.29, 0.717) is 5.75 Å². The van der Waals surface area contributed by atoms with Gasteiger partial charge in [0.1, 0.15) is 12.4 Å². The molecule has 0 saturated heterocycles. The lowest BCUT2D eigenvalue weighted by Gasteiger charge is -2.07. The molecule has 0 spiro atoms. The number of carbonyl (C=O) groups is 1. The van der Waals surface area contributed by atoms with E-state index >= 15 is 0 Å². The van der Waals surface area contributed by atoms with Gasteiger partial charge in [-0.05, 0) is 24.1 Å². The van der Waals surface area contributed by atoms with Crippen LogP contribution in [-0.4, -0.2) is 37.7 Å². The van der Waals surface area contributed by atoms with Crippen LogP contribution < -0.4 is 14.8 Å². The van der Waals surface area contributed by atoms with Gasteiger partial charge >= 0.3 is 0 Å². The van der Waals surface area contributed by atoms with Crippen molar-refractivity contribution in [2.24, 2.45) is 0 Å². The Kier molecular flexibility index (Phi) is 6.85. The van der Waals surface area contributed by atoms with Crippen molar-refractivity contribution < 1.29 is 17.9 Å². The predicted molar refractivity (Wildman–Crippen MR) is 95.3 cm³/mol. The summed E-state index contributed by atoms with van der Waals surface area (Å²) in [5, 5.41) is 9.70. The van der Waals surface area contributed by atoms with E-state index in [0.717, 1.165) is 24.2 Å². The molecule has 0 fully saturated rings. The molecule has 0 atom stereocenters. The van der Waals surface area contributed by atoms with Crippen molar-refractivity contribution >= 4 is 32.4 Å². The summed E-state index contributed by atoms with van der Waals surface area (Å²) in [6.07, 6.45) is 2.10. The first kappa shape index (κ1) is 19.3. The smallest absolute Gasteiger partial charge is 0.269 e. The number of sulfonamides is 1. The SMILES string of the molecule is CCCc1ccc(OCCNS(=O)(=O)c2nnc(NC(C)=O)s2)cc1. The molecule has 0 radical (unpaired) electrons. The van der Waals surface area contributed by atoms with Gasteiger partial charge in [0.05, 0.1) is 0 Å². The number of nitrogens with one attached hydrogen (secondary N) is 2. The van der Waals surface area contributed by atoms with Crippen LogP contribution in [0.25, 0.3) is 0 Å². The highest BCUT2D eigenvalue weighted by Crippen LogP contribution is 2.19. The monoisotopic (exact) mass is 384 g/mol. The van der Waals surface area contributed by atoms with Gasteiger partial charge in [0, 0.05) is 13.5 Å². The largest absolute Gasteiger partial charge is 0.492 e. The van der Waals surface area contributed by atoms with Gasteiger partial charge in [-0.2, -0.15) is 0 Å². The Morgan fingerprint density at radius 2 is 1.96 bits per heavy atom. The van der Waals surface area contributed by atoms with Gasteiger partial charge in [0.2, 0.25) is 15.4 Å². The lowest BCUT2D eigenvalue weighted by molar-refractivity contribution is -0.114. The molecule has 1 aromatic carbocycles. The van der Waals surface area contributed by atoms with Crippen molar-refractivity contribution in [2.75, 3.05) is 18.5 Å². The number of nitrogens with zero attached hydrogens (tertiary/aromatic N) is 2. The van der Waals surface area contributed by atoms with Gasteiger partial charge in [-0.25, -0.2) is 13.1 Å². The summed E-state index contributed by atoms with van der Waals surface area (Å²) in [7, 11) is -3.78. The summed E-state index contributed by atoms with van der Waals surface area (Å²) in [5.74, 6) is 0.342. The summed E-state index contributed by atoms with van der Waals surface area (Å²) in [5.41, 5.74) is 1.24. The molecule has 0 unspecified atom stereocenters. The molecular weight excluding hydrogens is 364 g/mol. The molecule has 0 bridgehead atoms. The van der Waals surface area contributed by atoms with Crippen LogP contribution in [0.15, 0.2) is 28.6 Å². The average molecular weight is 384 g/mol. The van der Waals surface area contributed by atoms with Gasteiger partial charge < -0.3 is 10.1 Å². The van der Waals surface area contributed by atoms with Crippen LogP contribution in [0.4, 0.5) is 5.13 Å². The van der Waals surface area contributed by atoms with Crippen molar-refractivity contribution in [2.45, 2.75) is 31.0 Å². The number of aryl methyl sites for hydroxylation is 1. The molecule has 1 amide bonds. The first-order chi connectivity index (χ1) is 11.9. The maximum absolute atomic E-state index is 12.1. The van der Waals surface area contributed by atoms with Gasteiger partial charge in [-0.3, -0.25) is 4.79 Å². The molecule has 8 nitrogen and oxygen atoms in total. The molecule has 1 aromatic heterocycles. The summed E-state index contributed by atoms with van der Waals surface area (Å²) in [4.78, 5) is 10.9. The van der Waals surface area contributed by atoms with E-state index in [1.807, 2.05) is 24.3 Å². The fourth-order valence-electron chi connectivity index (χ4n) is 1.97. The zero-order valence-corrected chi connectivity index (χ0v) is 15.6. The Balaban J connectivity index is 1.81. The van der Waals surface area contributed by atoms with Crippen LogP contribution in [0.3, 0.4) is 0 Å². The van der Waals surface area contributed by atoms with Crippen molar-refractivity contribution in [3.05, 3.63) is 29.8 Å². The van der Waals surface area contributed by atoms with Crippen LogP contribution in [0.5, 0.6) is 5.75 Å². The van der Waals surface area contributed by atoms with E-state index in [-0.39, 0.29) is 28.5 Å². The second kappa shape index (κ2) is 8.88. The summed E-state index contributed by atoms with van der Waals surface area (Å²) >= 11 is 0.783. The predicted octanol–water partition coefficient (Wildman–Crippen LogP) is 1.81. The first-order valence-corrected chi connectivity index (χ1v) is 10.0. The highest BCUT2D eigenvalue weighted by Gasteiger charge is 2.20. The van der Waals surface area contributed by atoms with Crippen molar-refractivity contribution in [3.8, 4) is 5.75 Å². The number of ether oxygens (including phenoxy) is 1. The van der Waals surface area contributed by atoms with Gasteiger partial charge in [0.25, 0.3) is 10.0 Å². The van der Waals surface area contributed by atoms with E-state index in [2.05, 4.69) is 27.2 Å². The van der Waals surface area contributed by atoms with Gasteiger partial charge in [0.15, 0.2) is 0 Å². The molecule has 136 valence electrons. The van der Waals surface area contributed by atoms with Crippen molar-refractivity contribution in [1.29, 1.82) is 0 Å². The van der Waals surface area contributed by atoms with Gasteiger partial charge in [-0.15, -0.1) is 10.2 Å². The molecule has 2 N–H and O–H groups in total. The summed E-state index contributed by atoms with van der Waals surface area (Å²) in [6, 6.07) is 7.72. The quantitative estimate of drug-likeness (QED) is 0.504. The zero-order chi connectivity index (χ0) is 18.3. The van der Waals surface area contributed by atoms with Crippen LogP contribution in [-0.2, 0) is 21.2 Å². The Morgan fingerprint density at radius 3 is 2.60 bits per heavy atom. The van der Waals surface area contributed by atoms with Crippen LogP contribution in [0, 0.1) is 0 Å². The summed E-state index contributed by atoms with van der Waals surface area (Å²) < 4.78 is 31.9. The average Bonchev–Trinajstić information content (AvgIpc) is 3.02. The van der Waals surface area contributed by atoms with Crippen LogP contribution >= 0.6 is 11.3 Å². The molecule has 0 aliphatic heterocycles. The highest BCUT2D eigenvalue weighted by atomic mass is 32.2. The maximum Gasteiger partial charge on any atom is 0.269 e. The van der Waals surface area contributed by atoms with Crippen molar-refractivity contribution in [1.82, 2.24) is 14.9 Å². The fourth-order valence-corrected chi connectivity index (χ4v) is 3.97. The minimum atomic E-state index is -3.78. The van der Waals surface area contributed by atoms with E-state index in [1.165, 1.54) is 12.5 Å². The summed E-state index contributed by atoms with van der Waals surface area (Å²) in [6.45, 7) is 3.70. The second-order valence-corrected chi connectivity index (χ2v) is 8.11. The molecule has 10 heteroatoms.